The molecule has 1 aromatic carbocycles. The maximum atomic E-state index is 13.7. The first-order chi connectivity index (χ1) is 13.2. The zero-order valence-corrected chi connectivity index (χ0v) is 16.2. The van der Waals surface area contributed by atoms with Crippen molar-refractivity contribution in [2.45, 2.75) is 67.9 Å². The number of hydrogen-bond acceptors (Lipinski definition) is 4. The maximum absolute atomic E-state index is 13.7. The summed E-state index contributed by atoms with van der Waals surface area (Å²) in [6, 6.07) is 3.50. The lowest BCUT2D eigenvalue weighted by atomic mass is 9.84. The summed E-state index contributed by atoms with van der Waals surface area (Å²) in [5, 5.41) is 16.8. The molecule has 0 aliphatic heterocycles. The summed E-state index contributed by atoms with van der Waals surface area (Å²) in [7, 11) is 0. The summed E-state index contributed by atoms with van der Waals surface area (Å²) in [5.41, 5.74) is 3.45. The van der Waals surface area contributed by atoms with Crippen molar-refractivity contribution >= 4 is 17.7 Å². The van der Waals surface area contributed by atoms with Gasteiger partial charge in [-0.3, -0.25) is 9.36 Å². The van der Waals surface area contributed by atoms with Crippen LogP contribution >= 0.6 is 11.8 Å². The minimum absolute atomic E-state index is 0.00829. The quantitative estimate of drug-likeness (QED) is 0.798. The highest BCUT2D eigenvalue weighted by molar-refractivity contribution is 8.01. The molecule has 2 aromatic rings. The number of aryl methyl sites for hydroxylation is 1. The van der Waals surface area contributed by atoms with E-state index < -0.39 is 22.7 Å². The highest BCUT2D eigenvalue weighted by Crippen LogP contribution is 2.49. The predicted octanol–water partition coefficient (Wildman–Crippen LogP) is 4.57. The second-order valence-electron chi connectivity index (χ2n) is 7.46. The van der Waals surface area contributed by atoms with Gasteiger partial charge < -0.3 is 5.11 Å². The van der Waals surface area contributed by atoms with Crippen LogP contribution in [0.4, 0.5) is 13.2 Å². The van der Waals surface area contributed by atoms with E-state index in [1.807, 2.05) is 13.0 Å². The first kappa shape index (κ1) is 19.3. The average molecular weight is 411 g/mol. The second-order valence-corrected chi connectivity index (χ2v) is 8.81. The van der Waals surface area contributed by atoms with Crippen LogP contribution in [-0.4, -0.2) is 30.6 Å². The number of alkyl halides is 3. The molecule has 0 atom stereocenters. The summed E-state index contributed by atoms with van der Waals surface area (Å²) in [6.45, 7) is 1.97. The number of carbonyl (C=O) groups is 1. The summed E-state index contributed by atoms with van der Waals surface area (Å²) in [6.07, 6.45) is 0.313. The molecule has 2 aliphatic rings. The Hall–Kier alpha value is -2.03. The molecule has 0 bridgehead atoms. The van der Waals surface area contributed by atoms with E-state index in [1.165, 1.54) is 0 Å². The van der Waals surface area contributed by atoms with Crippen LogP contribution in [0, 0.1) is 6.92 Å². The van der Waals surface area contributed by atoms with Crippen molar-refractivity contribution in [2.75, 3.05) is 0 Å². The third kappa shape index (κ3) is 3.09. The van der Waals surface area contributed by atoms with Crippen LogP contribution in [0.3, 0.4) is 0 Å². The largest absolute Gasteiger partial charge is 0.480 e. The van der Waals surface area contributed by atoms with Crippen LogP contribution in [0.25, 0.3) is 5.69 Å². The number of aromatic nitrogens is 3. The lowest BCUT2D eigenvalue weighted by Crippen LogP contribution is -2.42. The van der Waals surface area contributed by atoms with Crippen LogP contribution in [0.15, 0.2) is 17.3 Å². The second kappa shape index (κ2) is 6.79. The van der Waals surface area contributed by atoms with Crippen LogP contribution in [-0.2, 0) is 23.8 Å². The molecule has 9 heteroatoms. The fourth-order valence-corrected chi connectivity index (χ4v) is 5.29. The number of halogens is 3. The van der Waals surface area contributed by atoms with Crippen molar-refractivity contribution in [3.8, 4) is 5.69 Å². The molecule has 2 aliphatic carbocycles. The van der Waals surface area contributed by atoms with E-state index in [9.17, 15) is 23.1 Å². The molecule has 0 unspecified atom stereocenters. The molecule has 4 rings (SSSR count). The number of carboxylic acids is 1. The first-order valence-corrected chi connectivity index (χ1v) is 10.1. The van der Waals surface area contributed by atoms with Gasteiger partial charge in [0.2, 0.25) is 5.82 Å². The molecular formula is C19H20F3N3O2S. The molecule has 1 N–H and O–H groups in total. The minimum atomic E-state index is -4.69. The number of hydrogen-bond donors (Lipinski definition) is 1. The Bertz CT molecular complexity index is 935. The van der Waals surface area contributed by atoms with Crippen molar-refractivity contribution < 1.29 is 23.1 Å². The molecular weight excluding hydrogens is 391 g/mol. The zero-order chi connectivity index (χ0) is 20.1. The van der Waals surface area contributed by atoms with Crippen molar-refractivity contribution in [2.24, 2.45) is 0 Å². The van der Waals surface area contributed by atoms with E-state index in [4.69, 9.17) is 0 Å². The van der Waals surface area contributed by atoms with Gasteiger partial charge >= 0.3 is 12.1 Å². The molecule has 0 spiro atoms. The van der Waals surface area contributed by atoms with Gasteiger partial charge in [0, 0.05) is 0 Å². The van der Waals surface area contributed by atoms with E-state index in [0.29, 0.717) is 24.9 Å². The minimum Gasteiger partial charge on any atom is -0.480 e. The smallest absolute Gasteiger partial charge is 0.452 e. The molecule has 150 valence electrons. The molecule has 0 saturated heterocycles. The molecule has 1 aromatic heterocycles. The first-order valence-electron chi connectivity index (χ1n) is 9.30. The van der Waals surface area contributed by atoms with E-state index in [0.717, 1.165) is 58.7 Å². The molecule has 28 heavy (non-hydrogen) atoms. The van der Waals surface area contributed by atoms with Crippen LogP contribution < -0.4 is 0 Å². The van der Waals surface area contributed by atoms with Crippen molar-refractivity contribution in [3.63, 3.8) is 0 Å². The number of thioether (sulfide) groups is 1. The standard InChI is InChI=1S/C19H20F3N3O2S/c1-11-7-8-14(13-6-3-2-5-12(11)13)25-15(19(20,21)22)23-24-17(25)28-18(16(26)27)9-4-10-18/h7-8H,2-6,9-10H2,1H3,(H,26,27). The van der Waals surface area contributed by atoms with Crippen LogP contribution in [0.1, 0.15) is 54.6 Å². The van der Waals surface area contributed by atoms with Gasteiger partial charge in [0.15, 0.2) is 5.16 Å². The number of benzene rings is 1. The number of carboxylic acid groups (broad SMARTS) is 1. The Labute approximate surface area is 164 Å². The molecule has 0 radical (unpaired) electrons. The highest BCUT2D eigenvalue weighted by atomic mass is 32.2. The Kier molecular flexibility index (Phi) is 4.68. The number of fused-ring (bicyclic) bond motifs is 1. The monoisotopic (exact) mass is 411 g/mol. The van der Waals surface area contributed by atoms with Crippen molar-refractivity contribution in [1.29, 1.82) is 0 Å². The Morgan fingerprint density at radius 3 is 2.39 bits per heavy atom. The number of nitrogens with zero attached hydrogens (tertiary/aromatic N) is 3. The average Bonchev–Trinajstić information content (AvgIpc) is 3.02. The zero-order valence-electron chi connectivity index (χ0n) is 15.3. The summed E-state index contributed by atoms with van der Waals surface area (Å²) >= 11 is 0.889. The van der Waals surface area contributed by atoms with Gasteiger partial charge in [0.1, 0.15) is 4.75 Å². The van der Waals surface area contributed by atoms with Gasteiger partial charge in [-0.1, -0.05) is 17.8 Å². The molecule has 0 amide bonds. The topological polar surface area (TPSA) is 68.0 Å². The van der Waals surface area contributed by atoms with Crippen LogP contribution in [0.2, 0.25) is 0 Å². The van der Waals surface area contributed by atoms with Gasteiger partial charge in [-0.25, -0.2) is 0 Å². The molecule has 1 saturated carbocycles. The van der Waals surface area contributed by atoms with Gasteiger partial charge in [-0.2, -0.15) is 13.2 Å². The van der Waals surface area contributed by atoms with Crippen molar-refractivity contribution in [1.82, 2.24) is 14.8 Å². The summed E-state index contributed by atoms with van der Waals surface area (Å²) in [5.74, 6) is -2.12. The van der Waals surface area contributed by atoms with Gasteiger partial charge in [0.05, 0.1) is 5.69 Å². The van der Waals surface area contributed by atoms with Gasteiger partial charge in [0.25, 0.3) is 0 Å². The van der Waals surface area contributed by atoms with Crippen LogP contribution in [0.5, 0.6) is 0 Å². The predicted molar refractivity (Wildman–Crippen MR) is 97.8 cm³/mol. The third-order valence-corrected chi connectivity index (χ3v) is 7.13. The Balaban J connectivity index is 1.89. The van der Waals surface area contributed by atoms with Gasteiger partial charge in [-0.05, 0) is 74.6 Å². The fraction of sp³-hybridized carbons (Fsp3) is 0.526. The lowest BCUT2D eigenvalue weighted by Gasteiger charge is -2.36. The molecule has 5 nitrogen and oxygen atoms in total. The van der Waals surface area contributed by atoms with E-state index in [2.05, 4.69) is 10.2 Å². The number of aliphatic carboxylic acids is 1. The summed E-state index contributed by atoms with van der Waals surface area (Å²) in [4.78, 5) is 11.7. The summed E-state index contributed by atoms with van der Waals surface area (Å²) < 4.78 is 41.0. The maximum Gasteiger partial charge on any atom is 0.452 e. The highest BCUT2D eigenvalue weighted by Gasteiger charge is 2.48. The Morgan fingerprint density at radius 1 is 1.14 bits per heavy atom. The van der Waals surface area contributed by atoms with E-state index in [-0.39, 0.29) is 5.16 Å². The van der Waals surface area contributed by atoms with Crippen molar-refractivity contribution in [3.05, 3.63) is 34.6 Å². The number of rotatable bonds is 4. The fourth-order valence-electron chi connectivity index (χ4n) is 4.01. The Morgan fingerprint density at radius 2 is 1.82 bits per heavy atom. The molecule has 1 fully saturated rings. The third-order valence-electron chi connectivity index (χ3n) is 5.71. The lowest BCUT2D eigenvalue weighted by molar-refractivity contribution is -0.146. The van der Waals surface area contributed by atoms with Gasteiger partial charge in [-0.15, -0.1) is 10.2 Å². The SMILES string of the molecule is Cc1ccc(-n2c(SC3(C(=O)O)CCC3)nnc2C(F)(F)F)c2c1CCCC2. The normalized spacial score (nSPS) is 18.4. The molecule has 1 heterocycles. The van der Waals surface area contributed by atoms with E-state index >= 15 is 0 Å². The van der Waals surface area contributed by atoms with E-state index in [1.54, 1.807) is 6.07 Å².